The maximum atomic E-state index is 12.1. The number of ether oxygens (including phenoxy) is 2. The van der Waals surface area contributed by atoms with Crippen LogP contribution >= 0.6 is 23.2 Å². The van der Waals surface area contributed by atoms with Crippen molar-refractivity contribution in [3.63, 3.8) is 0 Å². The Balaban J connectivity index is 1.95. The summed E-state index contributed by atoms with van der Waals surface area (Å²) in [6.07, 6.45) is 0.439. The first-order chi connectivity index (χ1) is 10.6. The molecule has 0 radical (unpaired) electrons. The second-order valence-electron chi connectivity index (χ2n) is 7.09. The molecule has 0 N–H and O–H groups in total. The fourth-order valence-electron chi connectivity index (χ4n) is 2.45. The number of carbonyl (C=O) groups is 1. The molecule has 1 heterocycles. The third kappa shape index (κ3) is 5.00. The van der Waals surface area contributed by atoms with Crippen LogP contribution in [0.4, 0.5) is 4.79 Å². The molecule has 1 saturated heterocycles. The van der Waals surface area contributed by atoms with Gasteiger partial charge in [-0.05, 0) is 46.2 Å². The van der Waals surface area contributed by atoms with Gasteiger partial charge in [0.2, 0.25) is 0 Å². The van der Waals surface area contributed by atoms with E-state index in [1.165, 1.54) is 0 Å². The number of hydrogen-bond donors (Lipinski definition) is 0. The van der Waals surface area contributed by atoms with E-state index >= 15 is 0 Å². The highest BCUT2D eigenvalue weighted by atomic mass is 35.5. The Morgan fingerprint density at radius 3 is 2.48 bits per heavy atom. The van der Waals surface area contributed by atoms with Gasteiger partial charge in [0.15, 0.2) is 0 Å². The summed E-state index contributed by atoms with van der Waals surface area (Å²) in [7, 11) is 0. The molecule has 6 heteroatoms. The molecule has 1 aliphatic rings. The van der Waals surface area contributed by atoms with E-state index < -0.39 is 11.2 Å². The maximum Gasteiger partial charge on any atom is 0.410 e. The van der Waals surface area contributed by atoms with Gasteiger partial charge in [-0.15, -0.1) is 0 Å². The van der Waals surface area contributed by atoms with Gasteiger partial charge in [0.05, 0.1) is 18.8 Å². The summed E-state index contributed by atoms with van der Waals surface area (Å²) in [6.45, 7) is 8.98. The van der Waals surface area contributed by atoms with Crippen LogP contribution in [0.15, 0.2) is 18.2 Å². The van der Waals surface area contributed by atoms with E-state index in [1.54, 1.807) is 23.1 Å². The second kappa shape index (κ2) is 6.88. The Labute approximate surface area is 147 Å². The van der Waals surface area contributed by atoms with Crippen LogP contribution in [0.3, 0.4) is 0 Å². The van der Waals surface area contributed by atoms with Gasteiger partial charge in [-0.25, -0.2) is 4.79 Å². The molecule has 1 fully saturated rings. The number of carbonyl (C=O) groups excluding carboxylic acids is 1. The zero-order chi connectivity index (χ0) is 17.3. The lowest BCUT2D eigenvalue weighted by Crippen LogP contribution is -2.39. The van der Waals surface area contributed by atoms with E-state index in [9.17, 15) is 4.79 Å². The van der Waals surface area contributed by atoms with Crippen LogP contribution in [0.2, 0.25) is 10.0 Å². The smallest absolute Gasteiger partial charge is 0.410 e. The number of benzene rings is 1. The van der Waals surface area contributed by atoms with E-state index in [4.69, 9.17) is 32.7 Å². The highest BCUT2D eigenvalue weighted by Crippen LogP contribution is 2.31. The van der Waals surface area contributed by atoms with Crippen molar-refractivity contribution in [3.8, 4) is 0 Å². The van der Waals surface area contributed by atoms with Crippen molar-refractivity contribution in [1.82, 2.24) is 4.90 Å². The lowest BCUT2D eigenvalue weighted by Gasteiger charge is -2.27. The van der Waals surface area contributed by atoms with Crippen molar-refractivity contribution in [2.24, 2.45) is 0 Å². The number of hydrogen-bond acceptors (Lipinski definition) is 3. The zero-order valence-corrected chi connectivity index (χ0v) is 15.5. The fraction of sp³-hybridized carbons (Fsp3) is 0.588. The summed E-state index contributed by atoms with van der Waals surface area (Å²) in [5.74, 6) is 0. The van der Waals surface area contributed by atoms with Gasteiger partial charge in [-0.3, -0.25) is 0 Å². The molecular formula is C17H23Cl2NO3. The molecule has 1 amide bonds. The molecule has 128 valence electrons. The number of nitrogens with zero attached hydrogens (tertiary/aromatic N) is 1. The quantitative estimate of drug-likeness (QED) is 0.769. The third-order valence-corrected chi connectivity index (χ3v) is 4.42. The third-order valence-electron chi connectivity index (χ3n) is 3.71. The Hall–Kier alpha value is -0.970. The first kappa shape index (κ1) is 18.4. The van der Waals surface area contributed by atoms with Crippen LogP contribution in [0.1, 0.15) is 39.7 Å². The van der Waals surface area contributed by atoms with Gasteiger partial charge in [0, 0.05) is 22.2 Å². The monoisotopic (exact) mass is 359 g/mol. The minimum Gasteiger partial charge on any atom is -0.444 e. The standard InChI is InChI=1S/C17H23Cl2NO3/c1-16(2,3)23-15(21)20-9-8-17(4,11-20)22-10-12-13(18)6-5-7-14(12)19/h5-7H,8-11H2,1-4H3. The molecule has 1 aromatic rings. The molecule has 1 aromatic carbocycles. The lowest BCUT2D eigenvalue weighted by atomic mass is 10.1. The molecule has 1 unspecified atom stereocenters. The Kier molecular flexibility index (Phi) is 5.49. The average Bonchev–Trinajstić information content (AvgIpc) is 2.79. The van der Waals surface area contributed by atoms with Gasteiger partial charge in [-0.1, -0.05) is 29.3 Å². The number of amides is 1. The highest BCUT2D eigenvalue weighted by Gasteiger charge is 2.38. The molecule has 0 spiro atoms. The van der Waals surface area contributed by atoms with E-state index in [2.05, 4.69) is 0 Å². The van der Waals surface area contributed by atoms with E-state index in [0.29, 0.717) is 29.7 Å². The molecule has 4 nitrogen and oxygen atoms in total. The van der Waals surface area contributed by atoms with Gasteiger partial charge >= 0.3 is 6.09 Å². The topological polar surface area (TPSA) is 38.8 Å². The molecule has 2 rings (SSSR count). The van der Waals surface area contributed by atoms with Gasteiger partial charge in [0.25, 0.3) is 0 Å². The van der Waals surface area contributed by atoms with Crippen molar-refractivity contribution in [2.45, 2.75) is 51.9 Å². The SMILES string of the molecule is CC(C)(C)OC(=O)N1CCC(C)(OCc2c(Cl)cccc2Cl)C1. The molecule has 1 atom stereocenters. The first-order valence-corrected chi connectivity index (χ1v) is 8.40. The summed E-state index contributed by atoms with van der Waals surface area (Å²) >= 11 is 12.3. The summed E-state index contributed by atoms with van der Waals surface area (Å²) in [5.41, 5.74) is -0.158. The van der Waals surface area contributed by atoms with Crippen molar-refractivity contribution in [1.29, 1.82) is 0 Å². The van der Waals surface area contributed by atoms with Crippen LogP contribution in [-0.2, 0) is 16.1 Å². The van der Waals surface area contributed by atoms with Crippen LogP contribution in [0.5, 0.6) is 0 Å². The fourth-order valence-corrected chi connectivity index (χ4v) is 2.96. The molecule has 0 bridgehead atoms. The zero-order valence-electron chi connectivity index (χ0n) is 14.0. The predicted molar refractivity (Wildman–Crippen MR) is 92.1 cm³/mol. The number of rotatable bonds is 3. The average molecular weight is 360 g/mol. The molecule has 0 aliphatic carbocycles. The minimum absolute atomic E-state index is 0.305. The summed E-state index contributed by atoms with van der Waals surface area (Å²) in [4.78, 5) is 13.8. The normalized spacial score (nSPS) is 21.6. The Morgan fingerprint density at radius 1 is 1.30 bits per heavy atom. The van der Waals surface area contributed by atoms with Gasteiger partial charge in [0.1, 0.15) is 5.60 Å². The van der Waals surface area contributed by atoms with Gasteiger partial charge < -0.3 is 14.4 Å². The summed E-state index contributed by atoms with van der Waals surface area (Å²) in [5, 5.41) is 1.17. The minimum atomic E-state index is -0.498. The van der Waals surface area contributed by atoms with Crippen molar-refractivity contribution >= 4 is 29.3 Å². The molecule has 0 aromatic heterocycles. The predicted octanol–water partition coefficient (Wildman–Crippen LogP) is 4.91. The second-order valence-corrected chi connectivity index (χ2v) is 7.91. The summed E-state index contributed by atoms with van der Waals surface area (Å²) < 4.78 is 11.4. The van der Waals surface area contributed by atoms with Crippen LogP contribution in [0, 0.1) is 0 Å². The number of likely N-dealkylation sites (tertiary alicyclic amines) is 1. The molecule has 23 heavy (non-hydrogen) atoms. The van der Waals surface area contributed by atoms with Crippen LogP contribution in [0.25, 0.3) is 0 Å². The van der Waals surface area contributed by atoms with E-state index in [-0.39, 0.29) is 6.09 Å². The highest BCUT2D eigenvalue weighted by molar-refractivity contribution is 6.35. The van der Waals surface area contributed by atoms with Crippen LogP contribution < -0.4 is 0 Å². The van der Waals surface area contributed by atoms with Crippen molar-refractivity contribution < 1.29 is 14.3 Å². The van der Waals surface area contributed by atoms with Crippen LogP contribution in [-0.4, -0.2) is 35.3 Å². The first-order valence-electron chi connectivity index (χ1n) is 7.64. The Morgan fingerprint density at radius 2 is 1.91 bits per heavy atom. The lowest BCUT2D eigenvalue weighted by molar-refractivity contribution is -0.0373. The molecule has 0 saturated carbocycles. The molecular weight excluding hydrogens is 337 g/mol. The maximum absolute atomic E-state index is 12.1. The van der Waals surface area contributed by atoms with Gasteiger partial charge in [-0.2, -0.15) is 0 Å². The van der Waals surface area contributed by atoms with Crippen molar-refractivity contribution in [2.75, 3.05) is 13.1 Å². The largest absolute Gasteiger partial charge is 0.444 e. The van der Waals surface area contributed by atoms with Crippen molar-refractivity contribution in [3.05, 3.63) is 33.8 Å². The molecule has 1 aliphatic heterocycles. The van der Waals surface area contributed by atoms with E-state index in [0.717, 1.165) is 12.0 Å². The number of halogens is 2. The Bertz CT molecular complexity index is 565. The van der Waals surface area contributed by atoms with E-state index in [1.807, 2.05) is 27.7 Å². The summed E-state index contributed by atoms with van der Waals surface area (Å²) in [6, 6.07) is 5.38.